The van der Waals surface area contributed by atoms with Crippen LogP contribution in [0.3, 0.4) is 0 Å². The number of pyridine rings is 1. The zero-order valence-electron chi connectivity index (χ0n) is 10.8. The number of benzene rings is 1. The molecule has 2 heterocycles. The molecule has 2 aromatic heterocycles. The van der Waals surface area contributed by atoms with Crippen LogP contribution in [-0.4, -0.2) is 21.6 Å². The third-order valence-corrected chi connectivity index (χ3v) is 4.09. The second-order valence-corrected chi connectivity index (χ2v) is 5.19. The number of nitrogens with one attached hydrogen (secondary N) is 1. The van der Waals surface area contributed by atoms with Crippen molar-refractivity contribution >= 4 is 22.4 Å². The fourth-order valence-electron chi connectivity index (χ4n) is 2.23. The summed E-state index contributed by atoms with van der Waals surface area (Å²) in [6.45, 7) is 1.99. The highest BCUT2D eigenvalue weighted by atomic mass is 32.1. The third-order valence-electron chi connectivity index (χ3n) is 3.20. The molecule has 0 fully saturated rings. The molecular weight excluding hydrogens is 256 g/mol. The van der Waals surface area contributed by atoms with E-state index in [2.05, 4.69) is 44.2 Å². The average Bonchev–Trinajstić information content (AvgIpc) is 2.86. The van der Waals surface area contributed by atoms with Gasteiger partial charge in [0.25, 0.3) is 0 Å². The number of aryl methyl sites for hydroxylation is 1. The van der Waals surface area contributed by atoms with Gasteiger partial charge in [-0.2, -0.15) is 0 Å². The number of hydrogen-bond acceptors (Lipinski definition) is 5. The summed E-state index contributed by atoms with van der Waals surface area (Å²) in [7, 11) is 1.96. The van der Waals surface area contributed by atoms with Crippen LogP contribution in [0.15, 0.2) is 36.5 Å². The van der Waals surface area contributed by atoms with Crippen molar-refractivity contribution in [3.63, 3.8) is 0 Å². The maximum absolute atomic E-state index is 4.35. The average molecular weight is 270 g/mol. The Morgan fingerprint density at radius 3 is 2.89 bits per heavy atom. The molecule has 3 rings (SSSR count). The van der Waals surface area contributed by atoms with E-state index < -0.39 is 0 Å². The van der Waals surface area contributed by atoms with Crippen molar-refractivity contribution in [2.24, 2.45) is 0 Å². The Morgan fingerprint density at radius 2 is 2.16 bits per heavy atom. The first-order chi connectivity index (χ1) is 9.29. The molecule has 1 unspecified atom stereocenters. The summed E-state index contributed by atoms with van der Waals surface area (Å²) < 4.78 is 4.02. The van der Waals surface area contributed by atoms with Crippen molar-refractivity contribution in [1.29, 1.82) is 0 Å². The van der Waals surface area contributed by atoms with Crippen LogP contribution in [-0.2, 0) is 0 Å². The molecule has 5 heteroatoms. The van der Waals surface area contributed by atoms with E-state index in [1.54, 1.807) is 0 Å². The Bertz CT molecular complexity index is 707. The highest BCUT2D eigenvalue weighted by molar-refractivity contribution is 7.05. The molecule has 1 atom stereocenters. The van der Waals surface area contributed by atoms with Gasteiger partial charge in [-0.1, -0.05) is 16.6 Å². The highest BCUT2D eigenvalue weighted by Crippen LogP contribution is 2.28. The van der Waals surface area contributed by atoms with Crippen LogP contribution >= 0.6 is 11.5 Å². The van der Waals surface area contributed by atoms with E-state index in [1.165, 1.54) is 17.1 Å². The summed E-state index contributed by atoms with van der Waals surface area (Å²) in [5.41, 5.74) is 3.20. The molecule has 1 N–H and O–H groups in total. The second-order valence-electron chi connectivity index (χ2n) is 4.40. The van der Waals surface area contributed by atoms with Gasteiger partial charge in [-0.15, -0.1) is 5.10 Å². The molecule has 0 saturated heterocycles. The lowest BCUT2D eigenvalue weighted by molar-refractivity contribution is 0.698. The van der Waals surface area contributed by atoms with Gasteiger partial charge in [-0.25, -0.2) is 0 Å². The molecule has 0 saturated carbocycles. The second kappa shape index (κ2) is 5.03. The van der Waals surface area contributed by atoms with Crippen molar-refractivity contribution in [3.05, 3.63) is 52.7 Å². The minimum absolute atomic E-state index is 0.129. The number of rotatable bonds is 3. The maximum Gasteiger partial charge on any atom is 0.0776 e. The van der Waals surface area contributed by atoms with Crippen LogP contribution in [0, 0.1) is 6.92 Å². The van der Waals surface area contributed by atoms with Crippen molar-refractivity contribution < 1.29 is 0 Å². The first-order valence-corrected chi connectivity index (χ1v) is 6.87. The Morgan fingerprint density at radius 1 is 1.26 bits per heavy atom. The lowest BCUT2D eigenvalue weighted by Gasteiger charge is -2.15. The van der Waals surface area contributed by atoms with Gasteiger partial charge in [-0.05, 0) is 49.3 Å². The van der Waals surface area contributed by atoms with E-state index in [4.69, 9.17) is 0 Å². The van der Waals surface area contributed by atoms with Crippen molar-refractivity contribution in [1.82, 2.24) is 19.9 Å². The topological polar surface area (TPSA) is 50.7 Å². The monoisotopic (exact) mass is 270 g/mol. The van der Waals surface area contributed by atoms with Crippen molar-refractivity contribution in [2.45, 2.75) is 13.0 Å². The van der Waals surface area contributed by atoms with Gasteiger partial charge in [0.05, 0.1) is 22.1 Å². The maximum atomic E-state index is 4.35. The van der Waals surface area contributed by atoms with E-state index in [1.807, 2.05) is 26.2 Å². The summed E-state index contributed by atoms with van der Waals surface area (Å²) in [6.07, 6.45) is 1.81. The molecule has 0 bridgehead atoms. The first-order valence-electron chi connectivity index (χ1n) is 6.10. The molecule has 0 aliphatic carbocycles. The summed E-state index contributed by atoms with van der Waals surface area (Å²) in [4.78, 5) is 5.50. The number of hydrogen-bond donors (Lipinski definition) is 1. The summed E-state index contributed by atoms with van der Waals surface area (Å²) in [6, 6.07) is 10.5. The van der Waals surface area contributed by atoms with Gasteiger partial charge in [0.1, 0.15) is 0 Å². The lowest BCUT2D eigenvalue weighted by Crippen LogP contribution is -2.17. The molecular formula is C14H14N4S. The molecule has 0 aliphatic heterocycles. The van der Waals surface area contributed by atoms with E-state index in [0.29, 0.717) is 0 Å². The minimum atomic E-state index is 0.129. The van der Waals surface area contributed by atoms with Crippen LogP contribution < -0.4 is 5.32 Å². The number of nitrogens with zero attached hydrogens (tertiary/aromatic N) is 3. The van der Waals surface area contributed by atoms with Gasteiger partial charge in [0.15, 0.2) is 0 Å². The van der Waals surface area contributed by atoms with Crippen LogP contribution in [0.5, 0.6) is 0 Å². The molecule has 19 heavy (non-hydrogen) atoms. The predicted octanol–water partition coefficient (Wildman–Crippen LogP) is 2.70. The Hall–Kier alpha value is -1.85. The van der Waals surface area contributed by atoms with Gasteiger partial charge in [0, 0.05) is 11.6 Å². The summed E-state index contributed by atoms with van der Waals surface area (Å²) >= 11 is 1.44. The number of aromatic nitrogens is 3. The van der Waals surface area contributed by atoms with Gasteiger partial charge in [-0.3, -0.25) is 4.98 Å². The molecule has 0 aliphatic rings. The molecule has 96 valence electrons. The van der Waals surface area contributed by atoms with E-state index in [9.17, 15) is 0 Å². The van der Waals surface area contributed by atoms with Crippen molar-refractivity contribution in [3.8, 4) is 0 Å². The molecule has 3 aromatic rings. The molecule has 0 spiro atoms. The summed E-state index contributed by atoms with van der Waals surface area (Å²) in [5, 5.41) is 8.57. The SMILES string of the molecule is CNC(c1ccc2ncccc2c1)c1snnc1C. The number of fused-ring (bicyclic) bond motifs is 1. The van der Waals surface area contributed by atoms with Crippen LogP contribution in [0.1, 0.15) is 22.2 Å². The summed E-state index contributed by atoms with van der Waals surface area (Å²) in [5.74, 6) is 0. The molecule has 1 aromatic carbocycles. The Labute approximate surface area is 115 Å². The quantitative estimate of drug-likeness (QED) is 0.795. The lowest BCUT2D eigenvalue weighted by atomic mass is 10.0. The molecule has 0 radical (unpaired) electrons. The largest absolute Gasteiger partial charge is 0.309 e. The van der Waals surface area contributed by atoms with Gasteiger partial charge >= 0.3 is 0 Å². The minimum Gasteiger partial charge on any atom is -0.309 e. The first kappa shape index (κ1) is 12.2. The standard InChI is InChI=1S/C14H14N4S/c1-9-14(19-18-17-9)13(15-2)11-5-6-12-10(8-11)4-3-7-16-12/h3-8,13,15H,1-2H3. The normalized spacial score (nSPS) is 12.7. The highest BCUT2D eigenvalue weighted by Gasteiger charge is 2.17. The van der Waals surface area contributed by atoms with Gasteiger partial charge < -0.3 is 5.32 Å². The van der Waals surface area contributed by atoms with E-state index in [-0.39, 0.29) is 6.04 Å². The predicted molar refractivity (Wildman–Crippen MR) is 77.3 cm³/mol. The fourth-order valence-corrected chi connectivity index (χ4v) is 3.01. The molecule has 4 nitrogen and oxygen atoms in total. The molecule has 0 amide bonds. The smallest absolute Gasteiger partial charge is 0.0776 e. The van der Waals surface area contributed by atoms with Crippen LogP contribution in [0.25, 0.3) is 10.9 Å². The Kier molecular flexibility index (Phi) is 3.23. The van der Waals surface area contributed by atoms with E-state index in [0.717, 1.165) is 21.5 Å². The Balaban J connectivity index is 2.09. The van der Waals surface area contributed by atoms with Crippen LogP contribution in [0.2, 0.25) is 0 Å². The zero-order chi connectivity index (χ0) is 13.2. The fraction of sp³-hybridized carbons (Fsp3) is 0.214. The van der Waals surface area contributed by atoms with Gasteiger partial charge in [0.2, 0.25) is 0 Å². The third kappa shape index (κ3) is 2.22. The van der Waals surface area contributed by atoms with Crippen molar-refractivity contribution in [2.75, 3.05) is 7.05 Å². The van der Waals surface area contributed by atoms with E-state index >= 15 is 0 Å². The van der Waals surface area contributed by atoms with Crippen LogP contribution in [0.4, 0.5) is 0 Å². The zero-order valence-corrected chi connectivity index (χ0v) is 11.6.